The average Bonchev–Trinajstić information content (AvgIpc) is 2.17. The highest BCUT2D eigenvalue weighted by atomic mass is 32.2. The molecule has 0 bridgehead atoms. The Bertz CT molecular complexity index is 347. The predicted octanol–water partition coefficient (Wildman–Crippen LogP) is 2.13. The summed E-state index contributed by atoms with van der Waals surface area (Å²) in [7, 11) is 1.65. The maximum atomic E-state index is 9.33. The quantitative estimate of drug-likeness (QED) is 0.742. The van der Waals surface area contributed by atoms with Gasteiger partial charge in [-0.2, -0.15) is 0 Å². The van der Waals surface area contributed by atoms with Gasteiger partial charge in [0.25, 0.3) is 0 Å². The molecule has 1 unspecified atom stereocenters. The zero-order valence-corrected chi connectivity index (χ0v) is 8.04. The summed E-state index contributed by atoms with van der Waals surface area (Å²) in [6.07, 6.45) is 3.69. The van der Waals surface area contributed by atoms with Crippen LogP contribution in [0.4, 0.5) is 0 Å². The topological polar surface area (TPSA) is 29.5 Å². The molecule has 68 valence electrons. The molecular weight excluding hydrogens is 184 g/mol. The number of ether oxygens (including phenoxy) is 1. The third-order valence-electron chi connectivity index (χ3n) is 1.91. The Morgan fingerprint density at radius 2 is 2.31 bits per heavy atom. The summed E-state index contributed by atoms with van der Waals surface area (Å²) >= 11 is 1.44. The number of hydrogen-bond donors (Lipinski definition) is 1. The van der Waals surface area contributed by atoms with Gasteiger partial charge in [0.05, 0.1) is 7.11 Å². The minimum Gasteiger partial charge on any atom is -0.497 e. The first-order valence-corrected chi connectivity index (χ1v) is 4.88. The minimum absolute atomic E-state index is 0.416. The Morgan fingerprint density at radius 3 is 3.08 bits per heavy atom. The fourth-order valence-electron chi connectivity index (χ4n) is 1.25. The molecule has 1 aromatic rings. The lowest BCUT2D eigenvalue weighted by Crippen LogP contribution is -2.00. The van der Waals surface area contributed by atoms with Gasteiger partial charge in [-0.1, -0.05) is 17.8 Å². The molecule has 0 aromatic heterocycles. The van der Waals surface area contributed by atoms with Crippen molar-refractivity contribution in [2.45, 2.75) is 10.3 Å². The van der Waals surface area contributed by atoms with E-state index >= 15 is 0 Å². The van der Waals surface area contributed by atoms with Crippen molar-refractivity contribution in [1.29, 1.82) is 0 Å². The van der Waals surface area contributed by atoms with Gasteiger partial charge >= 0.3 is 0 Å². The van der Waals surface area contributed by atoms with Crippen LogP contribution in [0.2, 0.25) is 0 Å². The van der Waals surface area contributed by atoms with Crippen LogP contribution in [0, 0.1) is 0 Å². The molecular formula is C10H10O2S. The van der Waals surface area contributed by atoms with E-state index in [1.54, 1.807) is 13.2 Å². The SMILES string of the molecule is COc1ccc2c(c1)C=CC(O)S2. The van der Waals surface area contributed by atoms with E-state index in [-0.39, 0.29) is 0 Å². The monoisotopic (exact) mass is 194 g/mol. The summed E-state index contributed by atoms with van der Waals surface area (Å²) in [6.45, 7) is 0. The van der Waals surface area contributed by atoms with Crippen LogP contribution in [0.15, 0.2) is 29.2 Å². The largest absolute Gasteiger partial charge is 0.497 e. The van der Waals surface area contributed by atoms with Crippen LogP contribution in [-0.2, 0) is 0 Å². The molecule has 1 aliphatic heterocycles. The Balaban J connectivity index is 2.40. The van der Waals surface area contributed by atoms with Crippen molar-refractivity contribution in [2.75, 3.05) is 7.11 Å². The van der Waals surface area contributed by atoms with Gasteiger partial charge in [0.2, 0.25) is 0 Å². The molecule has 2 rings (SSSR count). The number of hydrogen-bond acceptors (Lipinski definition) is 3. The van der Waals surface area contributed by atoms with E-state index in [9.17, 15) is 5.11 Å². The third kappa shape index (κ3) is 1.71. The molecule has 1 heterocycles. The van der Waals surface area contributed by atoms with Crippen molar-refractivity contribution in [3.05, 3.63) is 29.8 Å². The molecule has 0 amide bonds. The standard InChI is InChI=1S/C10H10O2S/c1-12-8-3-4-9-7(6-8)2-5-10(11)13-9/h2-6,10-11H,1H3. The van der Waals surface area contributed by atoms with Gasteiger partial charge in [-0.25, -0.2) is 0 Å². The normalized spacial score (nSPS) is 19.7. The summed E-state index contributed by atoms with van der Waals surface area (Å²) in [6, 6.07) is 5.83. The molecule has 1 aliphatic rings. The second-order valence-corrected chi connectivity index (χ2v) is 3.93. The van der Waals surface area contributed by atoms with Crippen LogP contribution < -0.4 is 4.74 Å². The van der Waals surface area contributed by atoms with Crippen molar-refractivity contribution in [1.82, 2.24) is 0 Å². The van der Waals surface area contributed by atoms with Gasteiger partial charge in [-0.05, 0) is 29.8 Å². The third-order valence-corrected chi connectivity index (χ3v) is 2.93. The number of thioether (sulfide) groups is 1. The molecule has 0 fully saturated rings. The Kier molecular flexibility index (Phi) is 2.29. The summed E-state index contributed by atoms with van der Waals surface area (Å²) in [5.41, 5.74) is 0.690. The lowest BCUT2D eigenvalue weighted by molar-refractivity contribution is 0.310. The van der Waals surface area contributed by atoms with Crippen LogP contribution in [0.5, 0.6) is 5.75 Å². The summed E-state index contributed by atoms with van der Waals surface area (Å²) in [5.74, 6) is 0.848. The van der Waals surface area contributed by atoms with Crippen molar-refractivity contribution in [3.63, 3.8) is 0 Å². The first-order valence-electron chi connectivity index (χ1n) is 4.00. The van der Waals surface area contributed by atoms with Crippen molar-refractivity contribution < 1.29 is 9.84 Å². The fourth-order valence-corrected chi connectivity index (χ4v) is 2.07. The summed E-state index contributed by atoms with van der Waals surface area (Å²) in [4.78, 5) is 1.09. The maximum absolute atomic E-state index is 9.33. The number of aliphatic hydroxyl groups excluding tert-OH is 1. The molecule has 13 heavy (non-hydrogen) atoms. The highest BCUT2D eigenvalue weighted by molar-refractivity contribution is 8.00. The van der Waals surface area contributed by atoms with Crippen molar-refractivity contribution in [3.8, 4) is 5.75 Å². The van der Waals surface area contributed by atoms with Gasteiger partial charge in [0.15, 0.2) is 0 Å². The van der Waals surface area contributed by atoms with E-state index < -0.39 is 5.44 Å². The van der Waals surface area contributed by atoms with E-state index in [0.717, 1.165) is 16.2 Å². The molecule has 1 atom stereocenters. The molecule has 0 saturated carbocycles. The second-order valence-electron chi connectivity index (χ2n) is 2.77. The van der Waals surface area contributed by atoms with Gasteiger partial charge in [-0.15, -0.1) is 0 Å². The maximum Gasteiger partial charge on any atom is 0.123 e. The van der Waals surface area contributed by atoms with Crippen LogP contribution >= 0.6 is 11.8 Å². The molecule has 1 aromatic carbocycles. The van der Waals surface area contributed by atoms with Crippen molar-refractivity contribution >= 4 is 17.8 Å². The number of methoxy groups -OCH3 is 1. The second kappa shape index (κ2) is 3.44. The highest BCUT2D eigenvalue weighted by Crippen LogP contribution is 2.33. The van der Waals surface area contributed by atoms with Crippen LogP contribution in [0.3, 0.4) is 0 Å². The van der Waals surface area contributed by atoms with Crippen LogP contribution in [0.1, 0.15) is 5.56 Å². The van der Waals surface area contributed by atoms with Crippen LogP contribution in [0.25, 0.3) is 6.08 Å². The predicted molar refractivity (Wildman–Crippen MR) is 53.9 cm³/mol. The Hall–Kier alpha value is -0.930. The fraction of sp³-hybridized carbons (Fsp3) is 0.200. The van der Waals surface area contributed by atoms with E-state index in [1.165, 1.54) is 11.8 Å². The molecule has 0 saturated heterocycles. The molecule has 2 nitrogen and oxygen atoms in total. The Morgan fingerprint density at radius 1 is 1.46 bits per heavy atom. The lowest BCUT2D eigenvalue weighted by Gasteiger charge is -2.14. The first-order chi connectivity index (χ1) is 6.29. The average molecular weight is 194 g/mol. The number of benzene rings is 1. The van der Waals surface area contributed by atoms with Gasteiger partial charge < -0.3 is 9.84 Å². The Labute approximate surface area is 81.2 Å². The van der Waals surface area contributed by atoms with E-state index in [2.05, 4.69) is 0 Å². The summed E-state index contributed by atoms with van der Waals surface area (Å²) in [5, 5.41) is 9.33. The van der Waals surface area contributed by atoms with Gasteiger partial charge in [0, 0.05) is 4.90 Å². The summed E-state index contributed by atoms with van der Waals surface area (Å²) < 4.78 is 5.10. The molecule has 0 aliphatic carbocycles. The molecule has 0 radical (unpaired) electrons. The smallest absolute Gasteiger partial charge is 0.123 e. The molecule has 3 heteroatoms. The molecule has 1 N–H and O–H groups in total. The molecule has 0 spiro atoms. The van der Waals surface area contributed by atoms with E-state index in [4.69, 9.17) is 4.74 Å². The lowest BCUT2D eigenvalue weighted by atomic mass is 10.2. The van der Waals surface area contributed by atoms with E-state index in [0.29, 0.717) is 0 Å². The van der Waals surface area contributed by atoms with Gasteiger partial charge in [0.1, 0.15) is 11.2 Å². The van der Waals surface area contributed by atoms with E-state index in [1.807, 2.05) is 24.3 Å². The number of fused-ring (bicyclic) bond motifs is 1. The van der Waals surface area contributed by atoms with Crippen molar-refractivity contribution in [2.24, 2.45) is 0 Å². The zero-order chi connectivity index (χ0) is 9.26. The minimum atomic E-state index is -0.416. The highest BCUT2D eigenvalue weighted by Gasteiger charge is 2.11. The number of aliphatic hydroxyl groups is 1. The number of rotatable bonds is 1. The zero-order valence-electron chi connectivity index (χ0n) is 7.23. The van der Waals surface area contributed by atoms with Crippen LogP contribution in [-0.4, -0.2) is 17.7 Å². The first kappa shape index (κ1) is 8.66. The van der Waals surface area contributed by atoms with Gasteiger partial charge in [-0.3, -0.25) is 0 Å².